The molecule has 1 aliphatic heterocycles. The van der Waals surface area contributed by atoms with Gasteiger partial charge in [-0.25, -0.2) is 19.0 Å². The third kappa shape index (κ3) is 4.96. The smallest absolute Gasteiger partial charge is 0.363 e. The van der Waals surface area contributed by atoms with E-state index < -0.39 is 17.8 Å². The van der Waals surface area contributed by atoms with E-state index in [-0.39, 0.29) is 22.9 Å². The largest absolute Gasteiger partial charge is 0.496 e. The topological polar surface area (TPSA) is 83.4 Å². The van der Waals surface area contributed by atoms with Crippen molar-refractivity contribution in [2.45, 2.75) is 6.92 Å². The number of esters is 2. The summed E-state index contributed by atoms with van der Waals surface area (Å²) in [6.45, 7) is 2.12. The highest BCUT2D eigenvalue weighted by molar-refractivity contribution is 6.12. The Kier molecular flexibility index (Phi) is 6.68. The summed E-state index contributed by atoms with van der Waals surface area (Å²) in [5.41, 5.74) is 1.40. The number of cyclic esters (lactones) is 1. The molecule has 0 atom stereocenters. The number of rotatable bonds is 7. The number of benzene rings is 3. The molecule has 0 fully saturated rings. The molecule has 0 bridgehead atoms. The maximum Gasteiger partial charge on any atom is 0.363 e. The molecule has 1 heterocycles. The molecule has 1 aliphatic rings. The number of hydrogen-bond donors (Lipinski definition) is 0. The van der Waals surface area contributed by atoms with Crippen LogP contribution in [-0.4, -0.2) is 31.6 Å². The molecular weight excluding hydrogens is 441 g/mol. The van der Waals surface area contributed by atoms with Crippen LogP contribution in [0.15, 0.2) is 77.4 Å². The van der Waals surface area contributed by atoms with Gasteiger partial charge < -0.3 is 18.9 Å². The summed E-state index contributed by atoms with van der Waals surface area (Å²) >= 11 is 0. The number of methoxy groups -OCH3 is 1. The van der Waals surface area contributed by atoms with E-state index in [9.17, 15) is 14.0 Å². The van der Waals surface area contributed by atoms with Crippen molar-refractivity contribution in [3.63, 3.8) is 0 Å². The fraction of sp³-hybridized carbons (Fsp3) is 0.115. The monoisotopic (exact) mass is 461 g/mol. The Morgan fingerprint density at radius 1 is 1.03 bits per heavy atom. The molecular formula is C26H20FNO6. The third-order valence-electron chi connectivity index (χ3n) is 4.81. The molecule has 0 spiro atoms. The highest BCUT2D eigenvalue weighted by Crippen LogP contribution is 2.32. The van der Waals surface area contributed by atoms with Gasteiger partial charge in [-0.1, -0.05) is 18.2 Å². The number of carbonyl (C=O) groups excluding carboxylic acids is 2. The quantitative estimate of drug-likeness (QED) is 0.286. The second kappa shape index (κ2) is 9.99. The minimum Gasteiger partial charge on any atom is -0.496 e. The summed E-state index contributed by atoms with van der Waals surface area (Å²) in [6, 6.07) is 17.0. The number of ether oxygens (including phenoxy) is 4. The molecule has 7 nitrogen and oxygen atoms in total. The van der Waals surface area contributed by atoms with Crippen LogP contribution in [0.5, 0.6) is 17.2 Å². The van der Waals surface area contributed by atoms with Crippen LogP contribution in [-0.2, 0) is 9.53 Å². The average Bonchev–Trinajstić information content (AvgIpc) is 3.21. The zero-order valence-electron chi connectivity index (χ0n) is 18.4. The van der Waals surface area contributed by atoms with Crippen LogP contribution in [0.4, 0.5) is 4.39 Å². The van der Waals surface area contributed by atoms with Crippen LogP contribution in [0.2, 0.25) is 0 Å². The van der Waals surface area contributed by atoms with Gasteiger partial charge in [-0.05, 0) is 67.1 Å². The van der Waals surface area contributed by atoms with E-state index in [1.54, 1.807) is 49.4 Å². The lowest BCUT2D eigenvalue weighted by molar-refractivity contribution is -0.129. The van der Waals surface area contributed by atoms with Gasteiger partial charge in [0.05, 0.1) is 13.7 Å². The highest BCUT2D eigenvalue weighted by Gasteiger charge is 2.24. The Bertz CT molecular complexity index is 1300. The predicted molar refractivity (Wildman–Crippen MR) is 123 cm³/mol. The molecule has 0 saturated heterocycles. The van der Waals surface area contributed by atoms with Gasteiger partial charge in [-0.15, -0.1) is 0 Å². The number of carbonyl (C=O) groups is 2. The summed E-state index contributed by atoms with van der Waals surface area (Å²) in [4.78, 5) is 29.2. The van der Waals surface area contributed by atoms with Gasteiger partial charge in [0.2, 0.25) is 5.90 Å². The van der Waals surface area contributed by atoms with Crippen LogP contribution in [0.25, 0.3) is 6.08 Å². The van der Waals surface area contributed by atoms with E-state index in [0.29, 0.717) is 29.2 Å². The van der Waals surface area contributed by atoms with Crippen LogP contribution in [0, 0.1) is 5.82 Å². The van der Waals surface area contributed by atoms with Crippen molar-refractivity contribution in [3.8, 4) is 17.2 Å². The van der Waals surface area contributed by atoms with Gasteiger partial charge in [0.15, 0.2) is 17.2 Å². The van der Waals surface area contributed by atoms with E-state index in [4.69, 9.17) is 18.9 Å². The van der Waals surface area contributed by atoms with Crippen molar-refractivity contribution in [1.82, 2.24) is 0 Å². The van der Waals surface area contributed by atoms with Crippen molar-refractivity contribution in [1.29, 1.82) is 0 Å². The van der Waals surface area contributed by atoms with E-state index in [0.717, 1.165) is 0 Å². The molecule has 3 aromatic carbocycles. The lowest BCUT2D eigenvalue weighted by Crippen LogP contribution is -2.11. The lowest BCUT2D eigenvalue weighted by Gasteiger charge is -2.12. The van der Waals surface area contributed by atoms with Crippen molar-refractivity contribution in [2.24, 2.45) is 4.99 Å². The molecule has 0 aromatic heterocycles. The first-order valence-electron chi connectivity index (χ1n) is 10.4. The van der Waals surface area contributed by atoms with Crippen molar-refractivity contribution in [3.05, 3.63) is 94.9 Å². The first-order chi connectivity index (χ1) is 16.5. The summed E-state index contributed by atoms with van der Waals surface area (Å²) in [6.07, 6.45) is 1.52. The summed E-state index contributed by atoms with van der Waals surface area (Å²) in [5.74, 6) is -0.635. The van der Waals surface area contributed by atoms with Crippen LogP contribution >= 0.6 is 0 Å². The Balaban J connectivity index is 1.60. The van der Waals surface area contributed by atoms with Gasteiger partial charge in [0.1, 0.15) is 17.1 Å². The first-order valence-corrected chi connectivity index (χ1v) is 10.4. The van der Waals surface area contributed by atoms with Crippen molar-refractivity contribution < 1.29 is 32.9 Å². The molecule has 0 aliphatic carbocycles. The number of hydrogen-bond acceptors (Lipinski definition) is 7. The zero-order valence-corrected chi connectivity index (χ0v) is 18.4. The maximum atomic E-state index is 13.2. The molecule has 172 valence electrons. The Labute approximate surface area is 195 Å². The van der Waals surface area contributed by atoms with Gasteiger partial charge in [-0.3, -0.25) is 0 Å². The predicted octanol–water partition coefficient (Wildman–Crippen LogP) is 4.80. The van der Waals surface area contributed by atoms with Crippen molar-refractivity contribution in [2.75, 3.05) is 13.7 Å². The molecule has 0 radical (unpaired) electrons. The van der Waals surface area contributed by atoms with Crippen molar-refractivity contribution >= 4 is 23.9 Å². The second-order valence-electron chi connectivity index (χ2n) is 7.07. The molecule has 0 amide bonds. The standard InChI is InChI=1S/C26H20FNO6/c1-3-32-23-15-16(8-13-22(23)33-25(29)19-6-4-5-7-21(19)31-2)14-20-26(30)34-24(28-20)17-9-11-18(27)12-10-17/h4-15H,3H2,1-2H3/b20-14+. The molecule has 3 aromatic rings. The van der Waals surface area contributed by atoms with E-state index in [1.165, 1.54) is 37.5 Å². The second-order valence-corrected chi connectivity index (χ2v) is 7.07. The van der Waals surface area contributed by atoms with Gasteiger partial charge in [-0.2, -0.15) is 0 Å². The molecule has 4 rings (SSSR count). The minimum absolute atomic E-state index is 0.0699. The molecule has 0 unspecified atom stereocenters. The Morgan fingerprint density at radius 2 is 1.79 bits per heavy atom. The zero-order chi connectivity index (χ0) is 24.1. The molecule has 34 heavy (non-hydrogen) atoms. The first kappa shape index (κ1) is 22.7. The van der Waals surface area contributed by atoms with Gasteiger partial charge >= 0.3 is 11.9 Å². The van der Waals surface area contributed by atoms with E-state index in [2.05, 4.69) is 4.99 Å². The highest BCUT2D eigenvalue weighted by atomic mass is 19.1. The van der Waals surface area contributed by atoms with E-state index in [1.807, 2.05) is 0 Å². The fourth-order valence-electron chi connectivity index (χ4n) is 3.22. The maximum absolute atomic E-state index is 13.2. The van der Waals surface area contributed by atoms with Crippen LogP contribution in [0.3, 0.4) is 0 Å². The molecule has 0 saturated carbocycles. The number of nitrogens with zero attached hydrogens (tertiary/aromatic N) is 1. The van der Waals surface area contributed by atoms with E-state index >= 15 is 0 Å². The van der Waals surface area contributed by atoms with Gasteiger partial charge in [0, 0.05) is 5.56 Å². The van der Waals surface area contributed by atoms with Crippen LogP contribution < -0.4 is 14.2 Å². The number of halogens is 1. The Hall–Kier alpha value is -4.46. The minimum atomic E-state index is -0.635. The molecule has 0 N–H and O–H groups in total. The van der Waals surface area contributed by atoms with Gasteiger partial charge in [0.25, 0.3) is 0 Å². The summed E-state index contributed by atoms with van der Waals surface area (Å²) in [7, 11) is 1.47. The Morgan fingerprint density at radius 3 is 2.53 bits per heavy atom. The fourth-order valence-corrected chi connectivity index (χ4v) is 3.22. The third-order valence-corrected chi connectivity index (χ3v) is 4.81. The normalized spacial score (nSPS) is 13.9. The average molecular weight is 461 g/mol. The lowest BCUT2D eigenvalue weighted by atomic mass is 10.1. The number of aliphatic imine (C=N–C) groups is 1. The SMILES string of the molecule is CCOc1cc(/C=C2/N=C(c3ccc(F)cc3)OC2=O)ccc1OC(=O)c1ccccc1OC. The number of para-hydroxylation sites is 1. The summed E-state index contributed by atoms with van der Waals surface area (Å²) < 4.78 is 34.8. The molecule has 8 heteroatoms. The van der Waals surface area contributed by atoms with Crippen LogP contribution in [0.1, 0.15) is 28.4 Å². The summed E-state index contributed by atoms with van der Waals surface area (Å²) in [5, 5.41) is 0.